The molecule has 1 aliphatic heterocycles. The molecule has 1 aliphatic rings. The molecule has 0 aliphatic carbocycles. The van der Waals surface area contributed by atoms with E-state index in [1.807, 2.05) is 49.9 Å². The van der Waals surface area contributed by atoms with Crippen LogP contribution in [0.2, 0.25) is 0 Å². The highest BCUT2D eigenvalue weighted by Gasteiger charge is 2.26. The zero-order valence-electron chi connectivity index (χ0n) is 18.4. The smallest absolute Gasteiger partial charge is 0.410 e. The van der Waals surface area contributed by atoms with E-state index in [9.17, 15) is 4.79 Å². The molecule has 2 rings (SSSR count). The van der Waals surface area contributed by atoms with Crippen LogP contribution in [0.3, 0.4) is 0 Å². The summed E-state index contributed by atoms with van der Waals surface area (Å²) in [6.45, 7) is 9.87. The molecule has 0 saturated carbocycles. The molecule has 2 N–H and O–H groups in total. The number of carbonyl (C=O) groups is 1. The van der Waals surface area contributed by atoms with E-state index in [1.54, 1.807) is 12.0 Å². The van der Waals surface area contributed by atoms with Crippen molar-refractivity contribution >= 4 is 36.0 Å². The molecule has 1 fully saturated rings. The summed E-state index contributed by atoms with van der Waals surface area (Å²) in [5, 5.41) is 0. The number of hydrogen-bond acceptors (Lipinski definition) is 5. The van der Waals surface area contributed by atoms with Crippen molar-refractivity contribution in [1.29, 1.82) is 0 Å². The van der Waals surface area contributed by atoms with Gasteiger partial charge in [0.15, 0.2) is 5.96 Å². The average molecular weight is 534 g/mol. The molecule has 1 aromatic carbocycles. The zero-order valence-corrected chi connectivity index (χ0v) is 20.8. The molecule has 0 aromatic heterocycles. The molecule has 8 nitrogen and oxygen atoms in total. The predicted octanol–water partition coefficient (Wildman–Crippen LogP) is 3.09. The number of carbonyl (C=O) groups excluding carboxylic acids is 1. The number of benzene rings is 1. The lowest BCUT2D eigenvalue weighted by molar-refractivity contribution is 0.0186. The van der Waals surface area contributed by atoms with Gasteiger partial charge in [0.05, 0.1) is 13.7 Å². The number of amides is 1. The topological polar surface area (TPSA) is 89.6 Å². The van der Waals surface area contributed by atoms with Gasteiger partial charge in [0.25, 0.3) is 0 Å². The summed E-state index contributed by atoms with van der Waals surface area (Å²) in [5.74, 6) is 1.36. The molecule has 1 saturated heterocycles. The van der Waals surface area contributed by atoms with E-state index in [1.165, 1.54) is 0 Å². The molecule has 1 amide bonds. The third-order valence-corrected chi connectivity index (χ3v) is 4.40. The quantitative estimate of drug-likeness (QED) is 0.250. The fraction of sp³-hybridized carbons (Fsp3) is 0.619. The lowest BCUT2D eigenvalue weighted by Gasteiger charge is -2.36. The van der Waals surface area contributed by atoms with Crippen LogP contribution in [-0.2, 0) is 16.1 Å². The van der Waals surface area contributed by atoms with Crippen LogP contribution in [0.5, 0.6) is 5.75 Å². The number of nitrogens with two attached hydrogens (primary N) is 1. The average Bonchev–Trinajstić information content (AvgIpc) is 2.69. The molecule has 0 radical (unpaired) electrons. The van der Waals surface area contributed by atoms with Gasteiger partial charge in [0.1, 0.15) is 11.4 Å². The van der Waals surface area contributed by atoms with E-state index in [0.29, 0.717) is 51.9 Å². The van der Waals surface area contributed by atoms with Gasteiger partial charge in [0.2, 0.25) is 0 Å². The van der Waals surface area contributed by atoms with Crippen molar-refractivity contribution in [2.24, 2.45) is 10.7 Å². The van der Waals surface area contributed by atoms with Crippen molar-refractivity contribution in [2.45, 2.75) is 39.4 Å². The Labute approximate surface area is 196 Å². The first-order valence-corrected chi connectivity index (χ1v) is 10.0. The van der Waals surface area contributed by atoms with Gasteiger partial charge in [-0.25, -0.2) is 4.79 Å². The van der Waals surface area contributed by atoms with Gasteiger partial charge in [-0.1, -0.05) is 12.1 Å². The van der Waals surface area contributed by atoms with Gasteiger partial charge in [-0.15, -0.1) is 24.0 Å². The Bertz CT molecular complexity index is 669. The number of hydrogen-bond donors (Lipinski definition) is 1. The van der Waals surface area contributed by atoms with Crippen LogP contribution < -0.4 is 10.5 Å². The van der Waals surface area contributed by atoms with Gasteiger partial charge in [-0.05, 0) is 44.9 Å². The first kappa shape index (κ1) is 26.3. The molecule has 9 heteroatoms. The van der Waals surface area contributed by atoms with Crippen LogP contribution >= 0.6 is 24.0 Å². The molecule has 1 heterocycles. The van der Waals surface area contributed by atoms with E-state index in [0.717, 1.165) is 17.7 Å². The van der Waals surface area contributed by atoms with Gasteiger partial charge in [-0.2, -0.15) is 0 Å². The first-order valence-electron chi connectivity index (χ1n) is 10.0. The third-order valence-electron chi connectivity index (χ3n) is 4.40. The monoisotopic (exact) mass is 534 g/mol. The summed E-state index contributed by atoms with van der Waals surface area (Å²) in [7, 11) is 1.65. The number of ether oxygens (including phenoxy) is 3. The fourth-order valence-corrected chi connectivity index (χ4v) is 2.82. The van der Waals surface area contributed by atoms with Crippen molar-refractivity contribution in [1.82, 2.24) is 9.80 Å². The van der Waals surface area contributed by atoms with Gasteiger partial charge >= 0.3 is 6.09 Å². The normalized spacial score (nSPS) is 14.9. The predicted molar refractivity (Wildman–Crippen MR) is 129 cm³/mol. The van der Waals surface area contributed by atoms with Crippen LogP contribution in [0.4, 0.5) is 4.79 Å². The molecule has 30 heavy (non-hydrogen) atoms. The number of rotatable bonds is 7. The third kappa shape index (κ3) is 9.38. The Hall–Kier alpha value is -1.75. The van der Waals surface area contributed by atoms with E-state index < -0.39 is 5.60 Å². The minimum Gasteiger partial charge on any atom is -0.497 e. The minimum atomic E-state index is -0.482. The van der Waals surface area contributed by atoms with Crippen LogP contribution in [0.1, 0.15) is 32.8 Å². The second kappa shape index (κ2) is 12.8. The molecule has 170 valence electrons. The zero-order chi connectivity index (χ0) is 21.3. The first-order chi connectivity index (χ1) is 13.8. The lowest BCUT2D eigenvalue weighted by atomic mass is 10.2. The van der Waals surface area contributed by atoms with Crippen LogP contribution in [0.15, 0.2) is 29.3 Å². The minimum absolute atomic E-state index is 0. The van der Waals surface area contributed by atoms with Gasteiger partial charge < -0.3 is 29.7 Å². The summed E-state index contributed by atoms with van der Waals surface area (Å²) in [6.07, 6.45) is 0.524. The number of halogens is 1. The molecule has 0 bridgehead atoms. The molecule has 0 spiro atoms. The molecular weight excluding hydrogens is 499 g/mol. The molecule has 0 unspecified atom stereocenters. The lowest BCUT2D eigenvalue weighted by Crippen LogP contribution is -2.53. The second-order valence-corrected chi connectivity index (χ2v) is 7.95. The molecule has 0 atom stereocenters. The van der Waals surface area contributed by atoms with E-state index in [-0.39, 0.29) is 30.1 Å². The number of piperazine rings is 1. The van der Waals surface area contributed by atoms with E-state index in [2.05, 4.69) is 4.99 Å². The number of methoxy groups -OCH3 is 1. The Balaban J connectivity index is 0.00000450. The standard InChI is InChI=1S/C21H34N4O4.HI/c1-21(2,3)29-20(26)25-13-11-24(12-14-25)19(22)23-10-5-15-28-16-17-6-8-18(27-4)9-7-17;/h6-9H,5,10-16H2,1-4H3,(H2,22,23);1H. The maximum absolute atomic E-state index is 12.1. The summed E-state index contributed by atoms with van der Waals surface area (Å²) in [4.78, 5) is 20.2. The highest BCUT2D eigenvalue weighted by atomic mass is 127. The highest BCUT2D eigenvalue weighted by molar-refractivity contribution is 14.0. The summed E-state index contributed by atoms with van der Waals surface area (Å²) >= 11 is 0. The fourth-order valence-electron chi connectivity index (χ4n) is 2.82. The maximum Gasteiger partial charge on any atom is 0.410 e. The van der Waals surface area contributed by atoms with E-state index in [4.69, 9.17) is 19.9 Å². The molecule has 1 aromatic rings. The molecular formula is C21H35IN4O4. The van der Waals surface area contributed by atoms with Crippen molar-refractivity contribution < 1.29 is 19.0 Å². The van der Waals surface area contributed by atoms with Crippen molar-refractivity contribution in [3.05, 3.63) is 29.8 Å². The summed E-state index contributed by atoms with van der Waals surface area (Å²) in [6, 6.07) is 7.83. The van der Waals surface area contributed by atoms with Crippen LogP contribution in [0, 0.1) is 0 Å². The Morgan fingerprint density at radius 2 is 1.70 bits per heavy atom. The van der Waals surface area contributed by atoms with Gasteiger partial charge in [0, 0.05) is 39.3 Å². The van der Waals surface area contributed by atoms with E-state index >= 15 is 0 Å². The Kier molecular flexibility index (Phi) is 11.2. The van der Waals surface area contributed by atoms with Crippen molar-refractivity contribution in [2.75, 3.05) is 46.4 Å². The van der Waals surface area contributed by atoms with Gasteiger partial charge in [-0.3, -0.25) is 4.99 Å². The maximum atomic E-state index is 12.1. The summed E-state index contributed by atoms with van der Waals surface area (Å²) < 4.78 is 16.2. The highest BCUT2D eigenvalue weighted by Crippen LogP contribution is 2.13. The number of guanidine groups is 1. The Morgan fingerprint density at radius 1 is 1.10 bits per heavy atom. The van der Waals surface area contributed by atoms with Crippen molar-refractivity contribution in [3.63, 3.8) is 0 Å². The van der Waals surface area contributed by atoms with Crippen LogP contribution in [0.25, 0.3) is 0 Å². The number of aliphatic imine (C=N–C) groups is 1. The van der Waals surface area contributed by atoms with Crippen LogP contribution in [-0.4, -0.2) is 73.9 Å². The largest absolute Gasteiger partial charge is 0.497 e. The number of nitrogens with zero attached hydrogens (tertiary/aromatic N) is 3. The SMILES string of the molecule is COc1ccc(COCCCN=C(N)N2CCN(C(=O)OC(C)(C)C)CC2)cc1.I. The van der Waals surface area contributed by atoms with Crippen molar-refractivity contribution in [3.8, 4) is 5.75 Å². The summed E-state index contributed by atoms with van der Waals surface area (Å²) in [5.41, 5.74) is 6.72. The second-order valence-electron chi connectivity index (χ2n) is 7.95. The Morgan fingerprint density at radius 3 is 2.27 bits per heavy atom.